The van der Waals surface area contributed by atoms with E-state index in [9.17, 15) is 4.79 Å². The summed E-state index contributed by atoms with van der Waals surface area (Å²) in [4.78, 5) is 16.1. The van der Waals surface area contributed by atoms with Gasteiger partial charge in [0.05, 0.1) is 6.54 Å². The molecule has 7 nitrogen and oxygen atoms in total. The Morgan fingerprint density at radius 3 is 2.96 bits per heavy atom. The fraction of sp³-hybridized carbons (Fsp3) is 0.400. The minimum absolute atomic E-state index is 0.147. The Balaban J connectivity index is 1.52. The maximum Gasteiger partial charge on any atom is 0.315 e. The van der Waals surface area contributed by atoms with Crippen LogP contribution in [-0.2, 0) is 11.3 Å². The van der Waals surface area contributed by atoms with Crippen LogP contribution in [-0.4, -0.2) is 35.4 Å². The van der Waals surface area contributed by atoms with Crippen molar-refractivity contribution in [2.75, 3.05) is 13.2 Å². The highest BCUT2D eigenvalue weighted by Gasteiger charge is 2.16. The van der Waals surface area contributed by atoms with E-state index in [2.05, 4.69) is 20.8 Å². The number of nitrogens with one attached hydrogen (secondary N) is 2. The molecule has 1 aliphatic rings. The Morgan fingerprint density at radius 1 is 1.35 bits per heavy atom. The molecule has 122 valence electrons. The van der Waals surface area contributed by atoms with Crippen molar-refractivity contribution < 1.29 is 14.1 Å². The lowest BCUT2D eigenvalue weighted by molar-refractivity contribution is 0.0800. The van der Waals surface area contributed by atoms with E-state index in [1.807, 2.05) is 12.1 Å². The van der Waals surface area contributed by atoms with Crippen LogP contribution in [0.1, 0.15) is 18.7 Å². The molecule has 0 radical (unpaired) electrons. The van der Waals surface area contributed by atoms with Gasteiger partial charge in [-0.1, -0.05) is 28.9 Å². The molecular formula is C15H17ClN4O3. The Kier molecular flexibility index (Phi) is 5.09. The van der Waals surface area contributed by atoms with Crippen LogP contribution in [0, 0.1) is 0 Å². The molecule has 2 amide bonds. The average Bonchev–Trinajstić information content (AvgIpc) is 3.03. The van der Waals surface area contributed by atoms with Crippen molar-refractivity contribution in [3.8, 4) is 11.4 Å². The van der Waals surface area contributed by atoms with Crippen LogP contribution in [0.15, 0.2) is 28.8 Å². The number of halogens is 1. The number of hydrogen-bond donors (Lipinski definition) is 2. The molecule has 3 rings (SSSR count). The maximum absolute atomic E-state index is 11.8. The Labute approximate surface area is 138 Å². The first kappa shape index (κ1) is 15.8. The summed E-state index contributed by atoms with van der Waals surface area (Å²) in [5.41, 5.74) is 0.763. The zero-order chi connectivity index (χ0) is 16.1. The van der Waals surface area contributed by atoms with Gasteiger partial charge in [0, 0.05) is 29.8 Å². The summed E-state index contributed by atoms with van der Waals surface area (Å²) in [6.45, 7) is 1.53. The van der Waals surface area contributed by atoms with Crippen LogP contribution >= 0.6 is 11.6 Å². The Hall–Kier alpha value is -2.12. The van der Waals surface area contributed by atoms with Crippen molar-refractivity contribution in [3.05, 3.63) is 35.2 Å². The van der Waals surface area contributed by atoms with E-state index < -0.39 is 0 Å². The van der Waals surface area contributed by atoms with Crippen molar-refractivity contribution in [3.63, 3.8) is 0 Å². The number of rotatable bonds is 4. The predicted molar refractivity (Wildman–Crippen MR) is 84.0 cm³/mol. The molecule has 8 heteroatoms. The molecule has 23 heavy (non-hydrogen) atoms. The number of urea groups is 1. The molecular weight excluding hydrogens is 320 g/mol. The van der Waals surface area contributed by atoms with Crippen LogP contribution < -0.4 is 10.6 Å². The molecule has 0 bridgehead atoms. The lowest BCUT2D eigenvalue weighted by atomic mass is 10.1. The van der Waals surface area contributed by atoms with Crippen molar-refractivity contribution in [1.82, 2.24) is 20.8 Å². The van der Waals surface area contributed by atoms with Crippen LogP contribution in [0.2, 0.25) is 5.02 Å². The third kappa shape index (κ3) is 4.43. The fourth-order valence-electron chi connectivity index (χ4n) is 2.31. The highest BCUT2D eigenvalue weighted by Crippen LogP contribution is 2.19. The predicted octanol–water partition coefficient (Wildman–Crippen LogP) is 2.37. The van der Waals surface area contributed by atoms with Crippen LogP contribution in [0.5, 0.6) is 0 Å². The number of aromatic nitrogens is 2. The van der Waals surface area contributed by atoms with Crippen molar-refractivity contribution in [1.29, 1.82) is 0 Å². The molecule has 1 aliphatic heterocycles. The first-order valence-corrected chi connectivity index (χ1v) is 7.79. The second-order valence-electron chi connectivity index (χ2n) is 5.24. The molecule has 1 aromatic carbocycles. The number of amides is 2. The molecule has 2 N–H and O–H groups in total. The van der Waals surface area contributed by atoms with Crippen LogP contribution in [0.4, 0.5) is 4.79 Å². The summed E-state index contributed by atoms with van der Waals surface area (Å²) >= 11 is 5.94. The third-order valence-corrected chi connectivity index (χ3v) is 3.74. The molecule has 0 aliphatic carbocycles. The van der Waals surface area contributed by atoms with Crippen LogP contribution in [0.25, 0.3) is 11.4 Å². The lowest BCUT2D eigenvalue weighted by Gasteiger charge is -2.22. The van der Waals surface area contributed by atoms with E-state index in [-0.39, 0.29) is 18.6 Å². The van der Waals surface area contributed by atoms with E-state index in [1.54, 1.807) is 12.1 Å². The van der Waals surface area contributed by atoms with E-state index in [4.69, 9.17) is 20.9 Å². The lowest BCUT2D eigenvalue weighted by Crippen LogP contribution is -2.44. The Bertz CT molecular complexity index is 670. The number of benzene rings is 1. The van der Waals surface area contributed by atoms with Gasteiger partial charge in [0.15, 0.2) is 0 Å². The molecule has 0 unspecified atom stereocenters. The molecule has 0 saturated carbocycles. The first-order chi connectivity index (χ1) is 11.2. The summed E-state index contributed by atoms with van der Waals surface area (Å²) in [6, 6.07) is 7.07. The van der Waals surface area contributed by atoms with Gasteiger partial charge in [-0.3, -0.25) is 0 Å². The minimum Gasteiger partial charge on any atom is -0.381 e. The van der Waals surface area contributed by atoms with Crippen LogP contribution in [0.3, 0.4) is 0 Å². The smallest absolute Gasteiger partial charge is 0.315 e. The fourth-order valence-corrected chi connectivity index (χ4v) is 2.50. The second kappa shape index (κ2) is 7.43. The topological polar surface area (TPSA) is 89.3 Å². The molecule has 1 aromatic heterocycles. The Morgan fingerprint density at radius 2 is 2.17 bits per heavy atom. The third-order valence-electron chi connectivity index (χ3n) is 3.51. The van der Waals surface area contributed by atoms with E-state index in [0.717, 1.165) is 18.4 Å². The van der Waals surface area contributed by atoms with Gasteiger partial charge in [0.25, 0.3) is 0 Å². The zero-order valence-corrected chi connectivity index (χ0v) is 13.2. The molecule has 2 heterocycles. The summed E-state index contributed by atoms with van der Waals surface area (Å²) in [5, 5.41) is 10.1. The van der Waals surface area contributed by atoms with E-state index in [0.29, 0.717) is 30.0 Å². The molecule has 0 spiro atoms. The monoisotopic (exact) mass is 336 g/mol. The summed E-state index contributed by atoms with van der Waals surface area (Å²) in [7, 11) is 0. The number of hydrogen-bond acceptors (Lipinski definition) is 5. The highest BCUT2D eigenvalue weighted by molar-refractivity contribution is 6.30. The number of carbonyl (C=O) groups is 1. The zero-order valence-electron chi connectivity index (χ0n) is 12.4. The standard InChI is InChI=1S/C15H17ClN4O3/c16-11-3-1-2-10(8-11)14-19-13(23-20-14)9-17-15(21)18-12-4-6-22-7-5-12/h1-3,8,12H,4-7,9H2,(H2,17,18,21). The first-order valence-electron chi connectivity index (χ1n) is 7.41. The maximum atomic E-state index is 11.8. The van der Waals surface area contributed by atoms with Gasteiger partial charge < -0.3 is 19.9 Å². The van der Waals surface area contributed by atoms with Gasteiger partial charge in [-0.05, 0) is 25.0 Å². The van der Waals surface area contributed by atoms with Gasteiger partial charge in [0.1, 0.15) is 0 Å². The summed E-state index contributed by atoms with van der Waals surface area (Å²) in [6.07, 6.45) is 1.65. The van der Waals surface area contributed by atoms with Gasteiger partial charge in [-0.15, -0.1) is 0 Å². The molecule has 2 aromatic rings. The SMILES string of the molecule is O=C(NCc1nc(-c2cccc(Cl)c2)no1)NC1CCOCC1. The normalized spacial score (nSPS) is 15.3. The quantitative estimate of drug-likeness (QED) is 0.894. The summed E-state index contributed by atoms with van der Waals surface area (Å²) in [5.74, 6) is 0.774. The van der Waals surface area contributed by atoms with Gasteiger partial charge in [-0.2, -0.15) is 4.98 Å². The molecule has 1 fully saturated rings. The molecule has 1 saturated heterocycles. The van der Waals surface area contributed by atoms with Gasteiger partial charge in [-0.25, -0.2) is 4.79 Å². The minimum atomic E-state index is -0.251. The number of ether oxygens (including phenoxy) is 1. The average molecular weight is 337 g/mol. The largest absolute Gasteiger partial charge is 0.381 e. The molecule has 0 atom stereocenters. The number of nitrogens with zero attached hydrogens (tertiary/aromatic N) is 2. The van der Waals surface area contributed by atoms with Crippen molar-refractivity contribution in [2.45, 2.75) is 25.4 Å². The van der Waals surface area contributed by atoms with Gasteiger partial charge >= 0.3 is 6.03 Å². The summed E-state index contributed by atoms with van der Waals surface area (Å²) < 4.78 is 10.4. The number of carbonyl (C=O) groups excluding carboxylic acids is 1. The highest BCUT2D eigenvalue weighted by atomic mass is 35.5. The van der Waals surface area contributed by atoms with E-state index in [1.165, 1.54) is 0 Å². The van der Waals surface area contributed by atoms with E-state index >= 15 is 0 Å². The van der Waals surface area contributed by atoms with Gasteiger partial charge in [0.2, 0.25) is 11.7 Å². The second-order valence-corrected chi connectivity index (χ2v) is 5.67. The van der Waals surface area contributed by atoms with Crippen molar-refractivity contribution >= 4 is 17.6 Å². The van der Waals surface area contributed by atoms with Crippen molar-refractivity contribution in [2.24, 2.45) is 0 Å².